The number of piperidine rings is 1. The molecule has 2 aromatic carbocycles. The Kier molecular flexibility index (Phi) is 11.0. The number of methoxy groups -OCH3 is 2. The minimum atomic E-state index is -1.82. The number of benzene rings is 2. The van der Waals surface area contributed by atoms with Gasteiger partial charge in [-0.15, -0.1) is 0 Å². The summed E-state index contributed by atoms with van der Waals surface area (Å²) in [5.41, 5.74) is 2.31. The monoisotopic (exact) mass is 486 g/mol. The first-order valence-corrected chi connectivity index (χ1v) is 11.5. The molecule has 0 aliphatic carbocycles. The maximum absolute atomic E-state index is 13.1. The van der Waals surface area contributed by atoms with Crippen molar-refractivity contribution in [2.45, 2.75) is 32.9 Å². The van der Waals surface area contributed by atoms with Gasteiger partial charge in [0.1, 0.15) is 11.5 Å². The highest BCUT2D eigenvalue weighted by atomic mass is 16.5. The summed E-state index contributed by atoms with van der Waals surface area (Å²) >= 11 is 0. The fourth-order valence-electron chi connectivity index (χ4n) is 3.99. The first-order valence-electron chi connectivity index (χ1n) is 11.5. The normalized spacial score (nSPS) is 13.8. The smallest absolute Gasteiger partial charge is 0.414 e. The molecule has 1 fully saturated rings. The Morgan fingerprint density at radius 2 is 1.60 bits per heavy atom. The highest BCUT2D eigenvalue weighted by Crippen LogP contribution is 2.28. The van der Waals surface area contributed by atoms with E-state index >= 15 is 0 Å². The number of carbonyl (C=O) groups is 3. The van der Waals surface area contributed by atoms with Crippen molar-refractivity contribution in [3.8, 4) is 11.5 Å². The lowest BCUT2D eigenvalue weighted by molar-refractivity contribution is -0.159. The van der Waals surface area contributed by atoms with Gasteiger partial charge in [-0.3, -0.25) is 9.69 Å². The molecule has 0 saturated carbocycles. The maximum Gasteiger partial charge on any atom is 0.414 e. The molecule has 9 heteroatoms. The molecule has 0 aromatic heterocycles. The van der Waals surface area contributed by atoms with Gasteiger partial charge < -0.3 is 24.6 Å². The van der Waals surface area contributed by atoms with Gasteiger partial charge in [0.15, 0.2) is 0 Å². The lowest BCUT2D eigenvalue weighted by atomic mass is 9.94. The van der Waals surface area contributed by atoms with Crippen molar-refractivity contribution >= 4 is 17.8 Å². The van der Waals surface area contributed by atoms with Crippen molar-refractivity contribution < 1.29 is 34.1 Å². The van der Waals surface area contributed by atoms with E-state index in [1.54, 1.807) is 14.2 Å². The van der Waals surface area contributed by atoms with E-state index in [1.165, 1.54) is 5.56 Å². The second-order valence-corrected chi connectivity index (χ2v) is 8.18. The number of carbonyl (C=O) groups excluding carboxylic acids is 1. The Morgan fingerprint density at radius 1 is 0.971 bits per heavy atom. The van der Waals surface area contributed by atoms with E-state index in [2.05, 4.69) is 24.0 Å². The third-order valence-electron chi connectivity index (χ3n) is 5.91. The van der Waals surface area contributed by atoms with Crippen molar-refractivity contribution in [2.75, 3.05) is 33.9 Å². The summed E-state index contributed by atoms with van der Waals surface area (Å²) in [5, 5.41) is 14.8. The standard InChI is InChI=1S/C24H32N2O3.C2H2O4/c1-4-26(17-19-8-6-5-7-9-19)24(27)20-12-14-25(15-13-20)18-21-16-22(28-2)10-11-23(21)29-3;3-1(4)2(5)6/h5-11,16,20H,4,12-15,17-18H2,1-3H3;(H,3,4)(H,5,6). The number of amides is 1. The zero-order valence-electron chi connectivity index (χ0n) is 20.5. The number of ether oxygens (including phenoxy) is 2. The third-order valence-corrected chi connectivity index (χ3v) is 5.91. The molecule has 35 heavy (non-hydrogen) atoms. The Hall–Kier alpha value is -3.59. The van der Waals surface area contributed by atoms with Gasteiger partial charge in [-0.25, -0.2) is 9.59 Å². The number of nitrogens with zero attached hydrogens (tertiary/aromatic N) is 2. The van der Waals surface area contributed by atoms with E-state index in [9.17, 15) is 4.79 Å². The highest BCUT2D eigenvalue weighted by molar-refractivity contribution is 6.27. The number of hydrogen-bond acceptors (Lipinski definition) is 6. The molecule has 3 rings (SSSR count). The SMILES string of the molecule is CCN(Cc1ccccc1)C(=O)C1CCN(Cc2cc(OC)ccc2OC)CC1.O=C(O)C(=O)O. The van der Waals surface area contributed by atoms with Gasteiger partial charge in [0.2, 0.25) is 5.91 Å². The van der Waals surface area contributed by atoms with Gasteiger partial charge in [0, 0.05) is 31.1 Å². The van der Waals surface area contributed by atoms with Crippen LogP contribution in [0.5, 0.6) is 11.5 Å². The second-order valence-electron chi connectivity index (χ2n) is 8.18. The fraction of sp³-hybridized carbons (Fsp3) is 0.423. The predicted molar refractivity (Wildman–Crippen MR) is 130 cm³/mol. The predicted octanol–water partition coefficient (Wildman–Crippen LogP) is 3.12. The quantitative estimate of drug-likeness (QED) is 0.547. The molecular weight excluding hydrogens is 452 g/mol. The molecule has 9 nitrogen and oxygen atoms in total. The molecule has 0 unspecified atom stereocenters. The molecule has 1 aliphatic heterocycles. The van der Waals surface area contributed by atoms with E-state index in [-0.39, 0.29) is 11.8 Å². The van der Waals surface area contributed by atoms with Gasteiger partial charge in [0.05, 0.1) is 14.2 Å². The molecule has 1 heterocycles. The average Bonchev–Trinajstić information content (AvgIpc) is 2.88. The number of carboxylic acid groups (broad SMARTS) is 2. The van der Waals surface area contributed by atoms with Gasteiger partial charge in [-0.1, -0.05) is 30.3 Å². The van der Waals surface area contributed by atoms with Crippen molar-refractivity contribution in [3.63, 3.8) is 0 Å². The Labute approximate surface area is 205 Å². The lowest BCUT2D eigenvalue weighted by Gasteiger charge is -2.34. The molecule has 2 N–H and O–H groups in total. The Morgan fingerprint density at radius 3 is 2.11 bits per heavy atom. The topological polar surface area (TPSA) is 117 Å². The summed E-state index contributed by atoms with van der Waals surface area (Å²) in [5.74, 6) is -1.53. The number of carboxylic acids is 2. The van der Waals surface area contributed by atoms with E-state index < -0.39 is 11.9 Å². The van der Waals surface area contributed by atoms with Crippen LogP contribution in [0.15, 0.2) is 48.5 Å². The van der Waals surface area contributed by atoms with Crippen LogP contribution < -0.4 is 9.47 Å². The minimum absolute atomic E-state index is 0.113. The zero-order valence-corrected chi connectivity index (χ0v) is 20.5. The van der Waals surface area contributed by atoms with Crippen LogP contribution in [-0.2, 0) is 27.5 Å². The lowest BCUT2D eigenvalue weighted by Crippen LogP contribution is -2.42. The molecule has 2 aromatic rings. The molecular formula is C26H34N2O7. The van der Waals surface area contributed by atoms with Crippen LogP contribution >= 0.6 is 0 Å². The summed E-state index contributed by atoms with van der Waals surface area (Å²) in [6, 6.07) is 16.1. The van der Waals surface area contributed by atoms with Crippen molar-refractivity contribution in [1.82, 2.24) is 9.80 Å². The third kappa shape index (κ3) is 8.60. The molecule has 0 radical (unpaired) electrons. The first-order chi connectivity index (χ1) is 16.8. The molecule has 1 amide bonds. The van der Waals surface area contributed by atoms with Crippen LogP contribution in [0.3, 0.4) is 0 Å². The first kappa shape index (κ1) is 27.7. The molecule has 190 valence electrons. The number of hydrogen-bond donors (Lipinski definition) is 2. The molecule has 1 aliphatic rings. The number of rotatable bonds is 8. The summed E-state index contributed by atoms with van der Waals surface area (Å²) in [6.45, 7) is 6.14. The van der Waals surface area contributed by atoms with E-state index in [1.807, 2.05) is 41.3 Å². The van der Waals surface area contributed by atoms with Crippen LogP contribution in [0.4, 0.5) is 0 Å². The van der Waals surface area contributed by atoms with Crippen molar-refractivity contribution in [3.05, 3.63) is 59.7 Å². The molecule has 0 atom stereocenters. The molecule has 1 saturated heterocycles. The summed E-state index contributed by atoms with van der Waals surface area (Å²) in [7, 11) is 3.37. The Balaban J connectivity index is 0.000000641. The second kappa shape index (κ2) is 14.0. The zero-order chi connectivity index (χ0) is 25.8. The number of aliphatic carboxylic acids is 2. The van der Waals surface area contributed by atoms with Crippen LogP contribution in [0.1, 0.15) is 30.9 Å². The van der Waals surface area contributed by atoms with E-state index in [4.69, 9.17) is 29.3 Å². The summed E-state index contributed by atoms with van der Waals surface area (Å²) in [6.07, 6.45) is 1.80. The average molecular weight is 487 g/mol. The van der Waals surface area contributed by atoms with Crippen molar-refractivity contribution in [2.24, 2.45) is 5.92 Å². The summed E-state index contributed by atoms with van der Waals surface area (Å²) < 4.78 is 10.9. The summed E-state index contributed by atoms with van der Waals surface area (Å²) in [4.78, 5) is 35.6. The highest BCUT2D eigenvalue weighted by Gasteiger charge is 2.28. The largest absolute Gasteiger partial charge is 0.497 e. The van der Waals surface area contributed by atoms with Gasteiger partial charge in [-0.05, 0) is 56.6 Å². The van der Waals surface area contributed by atoms with Crippen LogP contribution in [0.2, 0.25) is 0 Å². The van der Waals surface area contributed by atoms with E-state index in [0.717, 1.165) is 56.1 Å². The van der Waals surface area contributed by atoms with Crippen LogP contribution in [0, 0.1) is 5.92 Å². The van der Waals surface area contributed by atoms with Gasteiger partial charge >= 0.3 is 11.9 Å². The molecule has 0 bridgehead atoms. The van der Waals surface area contributed by atoms with Crippen LogP contribution in [-0.4, -0.2) is 71.7 Å². The fourth-order valence-corrected chi connectivity index (χ4v) is 3.99. The van der Waals surface area contributed by atoms with Gasteiger partial charge in [-0.2, -0.15) is 0 Å². The van der Waals surface area contributed by atoms with E-state index in [0.29, 0.717) is 6.54 Å². The van der Waals surface area contributed by atoms with Crippen molar-refractivity contribution in [1.29, 1.82) is 0 Å². The Bertz CT molecular complexity index is 961. The maximum atomic E-state index is 13.1. The van der Waals surface area contributed by atoms with Crippen LogP contribution in [0.25, 0.3) is 0 Å². The van der Waals surface area contributed by atoms with Gasteiger partial charge in [0.25, 0.3) is 0 Å². The minimum Gasteiger partial charge on any atom is -0.497 e. The molecule has 0 spiro atoms. The number of likely N-dealkylation sites (tertiary alicyclic amines) is 1.